The molecule has 0 aliphatic heterocycles. The summed E-state index contributed by atoms with van der Waals surface area (Å²) < 4.78 is 0. The number of aliphatic imine (C=N–C) groups is 3. The minimum absolute atomic E-state index is 0.251. The molecule has 4 rings (SSSR count). The molecule has 0 bridgehead atoms. The highest BCUT2D eigenvalue weighted by atomic mass is 16.3. The molecule has 0 spiro atoms. The average Bonchev–Trinajstić information content (AvgIpc) is 2.94. The molecule has 1 fully saturated rings. The normalized spacial score (nSPS) is 20.7. The molecule has 0 unspecified atom stereocenters. The molecule has 3 N–H and O–H groups in total. The first-order chi connectivity index (χ1) is 18.8. The van der Waals surface area contributed by atoms with Gasteiger partial charge in [0.1, 0.15) is 17.2 Å². The van der Waals surface area contributed by atoms with Crippen molar-refractivity contribution < 1.29 is 15.3 Å². The third-order valence-electron chi connectivity index (χ3n) is 7.64. The summed E-state index contributed by atoms with van der Waals surface area (Å²) in [5, 5.41) is 30.7. The van der Waals surface area contributed by atoms with E-state index in [1.807, 2.05) is 75.4 Å². The fraction of sp³-hybridized carbons (Fsp3) is 0.364. The Bertz CT molecular complexity index is 1190. The van der Waals surface area contributed by atoms with Gasteiger partial charge in [-0.15, -0.1) is 0 Å². The van der Waals surface area contributed by atoms with E-state index >= 15 is 0 Å². The van der Waals surface area contributed by atoms with E-state index in [0.29, 0.717) is 37.4 Å². The number of phenolic OH excluding ortho intramolecular Hbond substituents is 3. The molecular formula is C33H39N3O3. The maximum atomic E-state index is 10.2. The summed E-state index contributed by atoms with van der Waals surface area (Å²) in [6.45, 7) is 7.93. The lowest BCUT2D eigenvalue weighted by Crippen LogP contribution is -2.28. The molecule has 1 saturated carbocycles. The van der Waals surface area contributed by atoms with E-state index in [0.717, 1.165) is 53.1 Å². The third kappa shape index (κ3) is 7.56. The van der Waals surface area contributed by atoms with E-state index < -0.39 is 0 Å². The zero-order chi connectivity index (χ0) is 27.8. The summed E-state index contributed by atoms with van der Waals surface area (Å²) in [6.07, 6.45) is 3.06. The molecule has 6 nitrogen and oxygen atoms in total. The fourth-order valence-electron chi connectivity index (χ4n) is 5.54. The Labute approximate surface area is 231 Å². The Balaban J connectivity index is 1.50. The first kappa shape index (κ1) is 28.1. The number of phenols is 3. The van der Waals surface area contributed by atoms with Crippen molar-refractivity contribution in [2.24, 2.45) is 32.7 Å². The van der Waals surface area contributed by atoms with Crippen LogP contribution in [0.15, 0.2) is 87.8 Å². The second kappa shape index (κ2) is 13.2. The van der Waals surface area contributed by atoms with Gasteiger partial charge in [-0.2, -0.15) is 0 Å². The first-order valence-corrected chi connectivity index (χ1v) is 13.7. The van der Waals surface area contributed by atoms with Crippen molar-refractivity contribution in [1.29, 1.82) is 0 Å². The molecule has 3 aromatic carbocycles. The second-order valence-electron chi connectivity index (χ2n) is 10.6. The summed E-state index contributed by atoms with van der Waals surface area (Å²) in [6, 6.07) is 22.0. The quantitative estimate of drug-likeness (QED) is 0.272. The van der Waals surface area contributed by atoms with Crippen molar-refractivity contribution in [3.8, 4) is 17.2 Å². The number of aromatic hydroxyl groups is 3. The zero-order valence-corrected chi connectivity index (χ0v) is 23.1. The van der Waals surface area contributed by atoms with Crippen LogP contribution in [0.5, 0.6) is 17.2 Å². The molecule has 39 heavy (non-hydrogen) atoms. The molecule has 1 aliphatic carbocycles. The molecule has 3 aromatic rings. The number of hydrogen-bond acceptors (Lipinski definition) is 6. The minimum atomic E-state index is 0.251. The summed E-state index contributed by atoms with van der Waals surface area (Å²) in [4.78, 5) is 14.6. The molecule has 0 radical (unpaired) electrons. The highest BCUT2D eigenvalue weighted by Crippen LogP contribution is 2.35. The van der Waals surface area contributed by atoms with Crippen molar-refractivity contribution in [3.63, 3.8) is 0 Å². The van der Waals surface area contributed by atoms with E-state index in [-0.39, 0.29) is 17.2 Å². The lowest BCUT2D eigenvalue weighted by atomic mass is 9.75. The lowest BCUT2D eigenvalue weighted by Gasteiger charge is -2.33. The molecule has 6 heteroatoms. The SMILES string of the molecule is CC(=NCC1CC(CN=C(C)c2ccccc2O)CC(CN=C(C)c2ccccc2O)C1)c1ccccc1O. The molecular weight excluding hydrogens is 486 g/mol. The van der Waals surface area contributed by atoms with E-state index in [9.17, 15) is 15.3 Å². The van der Waals surface area contributed by atoms with Gasteiger partial charge in [0, 0.05) is 53.5 Å². The largest absolute Gasteiger partial charge is 0.507 e. The van der Waals surface area contributed by atoms with Crippen molar-refractivity contribution in [3.05, 3.63) is 89.5 Å². The van der Waals surface area contributed by atoms with Crippen LogP contribution in [0.4, 0.5) is 0 Å². The Morgan fingerprint density at radius 1 is 0.513 bits per heavy atom. The second-order valence-corrected chi connectivity index (χ2v) is 10.6. The van der Waals surface area contributed by atoms with Gasteiger partial charge in [0.15, 0.2) is 0 Å². The maximum absolute atomic E-state index is 10.2. The smallest absolute Gasteiger partial charge is 0.124 e. The van der Waals surface area contributed by atoms with E-state index in [1.165, 1.54) is 0 Å². The van der Waals surface area contributed by atoms with Gasteiger partial charge >= 0.3 is 0 Å². The molecule has 0 heterocycles. The maximum Gasteiger partial charge on any atom is 0.124 e. The van der Waals surface area contributed by atoms with Crippen LogP contribution in [0.3, 0.4) is 0 Å². The van der Waals surface area contributed by atoms with Crippen LogP contribution < -0.4 is 0 Å². The van der Waals surface area contributed by atoms with E-state index in [4.69, 9.17) is 15.0 Å². The molecule has 0 amide bonds. The Hall–Kier alpha value is -3.93. The highest BCUT2D eigenvalue weighted by Gasteiger charge is 2.29. The molecule has 204 valence electrons. The summed E-state index contributed by atoms with van der Waals surface area (Å²) in [5.74, 6) is 1.91. The number of rotatable bonds is 9. The van der Waals surface area contributed by atoms with Crippen molar-refractivity contribution in [1.82, 2.24) is 0 Å². The number of nitrogens with zero attached hydrogens (tertiary/aromatic N) is 3. The number of hydrogen-bond donors (Lipinski definition) is 3. The monoisotopic (exact) mass is 525 g/mol. The standard InChI is InChI=1S/C33H39N3O3/c1-22(28-10-4-7-13-31(28)37)34-19-25-16-26(20-35-23(2)29-11-5-8-14-32(29)38)18-27(17-25)21-36-24(3)30-12-6-9-15-33(30)39/h4-15,25-27,37-39H,16-21H2,1-3H3. The zero-order valence-electron chi connectivity index (χ0n) is 23.1. The van der Waals surface area contributed by atoms with Crippen molar-refractivity contribution >= 4 is 17.1 Å². The van der Waals surface area contributed by atoms with Crippen molar-refractivity contribution in [2.75, 3.05) is 19.6 Å². The van der Waals surface area contributed by atoms with Gasteiger partial charge in [0.25, 0.3) is 0 Å². The summed E-state index contributed by atoms with van der Waals surface area (Å²) in [5.41, 5.74) is 4.84. The molecule has 0 aromatic heterocycles. The third-order valence-corrected chi connectivity index (χ3v) is 7.64. The van der Waals surface area contributed by atoms with Gasteiger partial charge in [-0.3, -0.25) is 15.0 Å². The fourth-order valence-corrected chi connectivity index (χ4v) is 5.54. The topological polar surface area (TPSA) is 97.8 Å². The number of benzene rings is 3. The Morgan fingerprint density at radius 3 is 1.03 bits per heavy atom. The van der Waals surface area contributed by atoms with Gasteiger partial charge in [-0.1, -0.05) is 36.4 Å². The van der Waals surface area contributed by atoms with Crippen LogP contribution in [0.25, 0.3) is 0 Å². The van der Waals surface area contributed by atoms with Crippen LogP contribution in [0, 0.1) is 17.8 Å². The lowest BCUT2D eigenvalue weighted by molar-refractivity contribution is 0.209. The minimum Gasteiger partial charge on any atom is -0.507 e. The van der Waals surface area contributed by atoms with Gasteiger partial charge in [0.05, 0.1) is 0 Å². The average molecular weight is 526 g/mol. The van der Waals surface area contributed by atoms with Crippen LogP contribution in [0.1, 0.15) is 56.7 Å². The van der Waals surface area contributed by atoms with Crippen molar-refractivity contribution in [2.45, 2.75) is 40.0 Å². The van der Waals surface area contributed by atoms with Crippen LogP contribution in [-0.4, -0.2) is 52.1 Å². The Kier molecular flexibility index (Phi) is 9.53. The first-order valence-electron chi connectivity index (χ1n) is 13.7. The predicted octanol–water partition coefficient (Wildman–Crippen LogP) is 6.66. The summed E-state index contributed by atoms with van der Waals surface area (Å²) >= 11 is 0. The van der Waals surface area contributed by atoms with E-state index in [1.54, 1.807) is 18.2 Å². The Morgan fingerprint density at radius 2 is 0.769 bits per heavy atom. The van der Waals surface area contributed by atoms with Gasteiger partial charge < -0.3 is 15.3 Å². The number of para-hydroxylation sites is 3. The van der Waals surface area contributed by atoms with E-state index in [2.05, 4.69) is 0 Å². The van der Waals surface area contributed by atoms with Crippen LogP contribution in [0.2, 0.25) is 0 Å². The highest BCUT2D eigenvalue weighted by molar-refractivity contribution is 6.02. The molecule has 1 aliphatic rings. The van der Waals surface area contributed by atoms with Crippen LogP contribution in [-0.2, 0) is 0 Å². The molecule has 0 saturated heterocycles. The van der Waals surface area contributed by atoms with Gasteiger partial charge in [-0.05, 0) is 94.2 Å². The molecule has 0 atom stereocenters. The van der Waals surface area contributed by atoms with Gasteiger partial charge in [0.2, 0.25) is 0 Å². The predicted molar refractivity (Wildman–Crippen MR) is 160 cm³/mol. The van der Waals surface area contributed by atoms with Crippen LogP contribution >= 0.6 is 0 Å². The summed E-state index contributed by atoms with van der Waals surface area (Å²) in [7, 11) is 0. The van der Waals surface area contributed by atoms with Gasteiger partial charge in [-0.25, -0.2) is 0 Å².